The Bertz CT molecular complexity index is 341. The fourth-order valence-corrected chi connectivity index (χ4v) is 1.69. The molecule has 0 heterocycles. The van der Waals surface area contributed by atoms with Crippen LogP contribution in [0.1, 0.15) is 58.1 Å². The van der Waals surface area contributed by atoms with Gasteiger partial charge >= 0.3 is 0 Å². The summed E-state index contributed by atoms with van der Waals surface area (Å²) in [4.78, 5) is 0. The van der Waals surface area contributed by atoms with Gasteiger partial charge in [-0.05, 0) is 37.8 Å². The monoisotopic (exact) mass is 248 g/mol. The second-order valence-electron chi connectivity index (χ2n) is 4.01. The van der Waals surface area contributed by atoms with E-state index in [1.807, 2.05) is 39.8 Å². The molecule has 0 bridgehead atoms. The highest BCUT2D eigenvalue weighted by Crippen LogP contribution is 2.25. The van der Waals surface area contributed by atoms with Crippen molar-refractivity contribution in [3.8, 4) is 0 Å². The topological polar surface area (TPSA) is 35.9 Å². The van der Waals surface area contributed by atoms with Crippen LogP contribution in [0.2, 0.25) is 0 Å². The number of benzene rings is 1. The van der Waals surface area contributed by atoms with Crippen LogP contribution in [-0.2, 0) is 0 Å². The van der Waals surface area contributed by atoms with Crippen molar-refractivity contribution in [2.24, 2.45) is 0 Å². The van der Waals surface area contributed by atoms with Gasteiger partial charge in [0, 0.05) is 23.5 Å². The van der Waals surface area contributed by atoms with E-state index in [4.69, 9.17) is 5.41 Å². The Labute approximate surface area is 112 Å². The van der Waals surface area contributed by atoms with E-state index >= 15 is 0 Å². The molecule has 18 heavy (non-hydrogen) atoms. The van der Waals surface area contributed by atoms with Crippen LogP contribution >= 0.6 is 0 Å². The van der Waals surface area contributed by atoms with Crippen LogP contribution < -0.4 is 5.32 Å². The maximum atomic E-state index is 7.31. The number of hydrogen-bond donors (Lipinski definition) is 2. The summed E-state index contributed by atoms with van der Waals surface area (Å²) in [5.41, 5.74) is 3.35. The first-order chi connectivity index (χ1) is 8.79. The molecule has 2 N–H and O–H groups in total. The SMILES string of the molecule is CC.CC.Cc1ccc(C=N)c(NC2CCC2)c1. The molecule has 0 amide bonds. The lowest BCUT2D eigenvalue weighted by Crippen LogP contribution is -2.27. The average Bonchev–Trinajstić information content (AvgIpc) is 2.39. The van der Waals surface area contributed by atoms with Gasteiger partial charge < -0.3 is 10.7 Å². The Morgan fingerprint density at radius 2 is 1.78 bits per heavy atom. The zero-order valence-corrected chi connectivity index (χ0v) is 12.5. The van der Waals surface area contributed by atoms with Gasteiger partial charge in [-0.2, -0.15) is 0 Å². The first kappa shape index (κ1) is 16.7. The van der Waals surface area contributed by atoms with Crippen molar-refractivity contribution in [3.63, 3.8) is 0 Å². The third-order valence-electron chi connectivity index (χ3n) is 2.83. The predicted octanol–water partition coefficient (Wildman–Crippen LogP) is 5.01. The summed E-state index contributed by atoms with van der Waals surface area (Å²) in [6, 6.07) is 6.81. The van der Waals surface area contributed by atoms with Gasteiger partial charge in [0.25, 0.3) is 0 Å². The quantitative estimate of drug-likeness (QED) is 0.725. The smallest absolute Gasteiger partial charge is 0.0433 e. The van der Waals surface area contributed by atoms with Crippen molar-refractivity contribution in [1.29, 1.82) is 5.41 Å². The number of anilines is 1. The zero-order chi connectivity index (χ0) is 14.0. The third kappa shape index (κ3) is 4.91. The van der Waals surface area contributed by atoms with Crippen LogP contribution in [0.4, 0.5) is 5.69 Å². The van der Waals surface area contributed by atoms with Gasteiger partial charge in [-0.1, -0.05) is 39.8 Å². The first-order valence-electron chi connectivity index (χ1n) is 7.17. The van der Waals surface area contributed by atoms with Crippen LogP contribution in [0.25, 0.3) is 0 Å². The minimum Gasteiger partial charge on any atom is -0.382 e. The lowest BCUT2D eigenvalue weighted by Gasteiger charge is -2.28. The minimum atomic E-state index is 0.635. The molecule has 0 radical (unpaired) electrons. The van der Waals surface area contributed by atoms with Gasteiger partial charge in [0.1, 0.15) is 0 Å². The maximum absolute atomic E-state index is 7.31. The highest BCUT2D eigenvalue weighted by Gasteiger charge is 2.17. The summed E-state index contributed by atoms with van der Waals surface area (Å²) in [5.74, 6) is 0. The Morgan fingerprint density at radius 1 is 1.17 bits per heavy atom. The molecule has 2 rings (SSSR count). The molecule has 0 aliphatic heterocycles. The lowest BCUT2D eigenvalue weighted by atomic mass is 9.92. The molecule has 102 valence electrons. The van der Waals surface area contributed by atoms with Gasteiger partial charge in [0.2, 0.25) is 0 Å². The van der Waals surface area contributed by atoms with E-state index in [0.717, 1.165) is 11.3 Å². The standard InChI is InChI=1S/C12H16N2.2C2H6/c1-9-5-6-10(8-13)12(7-9)14-11-3-2-4-11;2*1-2/h5-8,11,13-14H,2-4H2,1H3;2*1-2H3. The van der Waals surface area contributed by atoms with Crippen LogP contribution in [-0.4, -0.2) is 12.3 Å². The molecule has 0 saturated heterocycles. The van der Waals surface area contributed by atoms with Gasteiger partial charge in [-0.15, -0.1) is 0 Å². The largest absolute Gasteiger partial charge is 0.382 e. The first-order valence-corrected chi connectivity index (χ1v) is 7.17. The van der Waals surface area contributed by atoms with Crippen molar-refractivity contribution in [2.75, 3.05) is 5.32 Å². The number of nitrogens with one attached hydrogen (secondary N) is 2. The molecule has 1 aliphatic carbocycles. The van der Waals surface area contributed by atoms with Gasteiger partial charge in [-0.3, -0.25) is 0 Å². The summed E-state index contributed by atoms with van der Waals surface area (Å²) in [7, 11) is 0. The van der Waals surface area contributed by atoms with E-state index in [9.17, 15) is 0 Å². The predicted molar refractivity (Wildman–Crippen MR) is 83.0 cm³/mol. The van der Waals surface area contributed by atoms with Gasteiger partial charge in [0.05, 0.1) is 0 Å². The van der Waals surface area contributed by atoms with Crippen LogP contribution in [0, 0.1) is 12.3 Å². The molecule has 0 spiro atoms. The lowest BCUT2D eigenvalue weighted by molar-refractivity contribution is 0.445. The Kier molecular flexibility index (Phi) is 8.99. The van der Waals surface area contributed by atoms with Crippen molar-refractivity contribution < 1.29 is 0 Å². The summed E-state index contributed by atoms with van der Waals surface area (Å²) < 4.78 is 0. The molecule has 1 fully saturated rings. The summed E-state index contributed by atoms with van der Waals surface area (Å²) >= 11 is 0. The second-order valence-corrected chi connectivity index (χ2v) is 4.01. The Hall–Kier alpha value is -1.31. The molecule has 0 atom stereocenters. The van der Waals surface area contributed by atoms with Crippen molar-refractivity contribution in [3.05, 3.63) is 29.3 Å². The fourth-order valence-electron chi connectivity index (χ4n) is 1.69. The summed E-state index contributed by atoms with van der Waals surface area (Å²) in [6.45, 7) is 10.1. The molecule has 2 heteroatoms. The summed E-state index contributed by atoms with van der Waals surface area (Å²) in [5, 5.41) is 10.8. The van der Waals surface area contributed by atoms with E-state index in [1.54, 1.807) is 0 Å². The van der Waals surface area contributed by atoms with Crippen LogP contribution in [0.5, 0.6) is 0 Å². The molecular formula is C16H28N2. The van der Waals surface area contributed by atoms with E-state index in [-0.39, 0.29) is 0 Å². The van der Waals surface area contributed by atoms with E-state index in [2.05, 4.69) is 18.3 Å². The van der Waals surface area contributed by atoms with Crippen molar-refractivity contribution in [1.82, 2.24) is 0 Å². The normalized spacial score (nSPS) is 13.2. The van der Waals surface area contributed by atoms with Gasteiger partial charge in [-0.25, -0.2) is 0 Å². The average molecular weight is 248 g/mol. The zero-order valence-electron chi connectivity index (χ0n) is 12.5. The van der Waals surface area contributed by atoms with Crippen LogP contribution in [0.15, 0.2) is 18.2 Å². The van der Waals surface area contributed by atoms with E-state index in [1.165, 1.54) is 31.0 Å². The van der Waals surface area contributed by atoms with E-state index in [0.29, 0.717) is 6.04 Å². The maximum Gasteiger partial charge on any atom is 0.0433 e. The molecule has 0 aromatic heterocycles. The van der Waals surface area contributed by atoms with Crippen molar-refractivity contribution in [2.45, 2.75) is 59.9 Å². The molecule has 2 nitrogen and oxygen atoms in total. The van der Waals surface area contributed by atoms with E-state index < -0.39 is 0 Å². The Morgan fingerprint density at radius 3 is 2.22 bits per heavy atom. The number of aryl methyl sites for hydroxylation is 1. The minimum absolute atomic E-state index is 0.635. The second kappa shape index (κ2) is 9.69. The molecule has 1 saturated carbocycles. The third-order valence-corrected chi connectivity index (χ3v) is 2.83. The Balaban J connectivity index is 0.000000659. The highest BCUT2D eigenvalue weighted by atomic mass is 14.9. The van der Waals surface area contributed by atoms with Gasteiger partial charge in [0.15, 0.2) is 0 Å². The molecule has 1 aromatic carbocycles. The highest BCUT2D eigenvalue weighted by molar-refractivity contribution is 5.86. The van der Waals surface area contributed by atoms with Crippen LogP contribution in [0.3, 0.4) is 0 Å². The number of rotatable bonds is 3. The molecular weight excluding hydrogens is 220 g/mol. The summed E-state index contributed by atoms with van der Waals surface area (Å²) in [6.07, 6.45) is 5.29. The molecule has 1 aliphatic rings. The number of hydrogen-bond acceptors (Lipinski definition) is 2. The van der Waals surface area contributed by atoms with Crippen molar-refractivity contribution >= 4 is 11.9 Å². The molecule has 0 unspecified atom stereocenters. The molecule has 1 aromatic rings. The fraction of sp³-hybridized carbons (Fsp3) is 0.562.